The molecule has 2 aromatic carbocycles. The fourth-order valence-electron chi connectivity index (χ4n) is 3.42. The van der Waals surface area contributed by atoms with Gasteiger partial charge in [-0.25, -0.2) is 0 Å². The Kier molecular flexibility index (Phi) is 8.04. The van der Waals surface area contributed by atoms with Gasteiger partial charge in [-0.3, -0.25) is 9.59 Å². The molecule has 2 aromatic rings. The van der Waals surface area contributed by atoms with Crippen LogP contribution in [0.4, 0.5) is 0 Å². The van der Waals surface area contributed by atoms with Crippen molar-refractivity contribution >= 4 is 11.6 Å². The molecule has 0 bridgehead atoms. The summed E-state index contributed by atoms with van der Waals surface area (Å²) in [7, 11) is 6.06. The molecule has 0 N–H and O–H groups in total. The SMILES string of the molecule is C=CCC(=O)C(CC)c1cc(OC)c(OC)cc1C(=O)c1ccc(OC)c(OC)c1. The summed E-state index contributed by atoms with van der Waals surface area (Å²) in [4.78, 5) is 26.2. The lowest BCUT2D eigenvalue weighted by Crippen LogP contribution is -2.16. The molecule has 2 rings (SSSR count). The molecule has 0 aliphatic heterocycles. The van der Waals surface area contributed by atoms with Crippen LogP contribution < -0.4 is 18.9 Å². The monoisotopic (exact) mass is 412 g/mol. The van der Waals surface area contributed by atoms with E-state index in [1.165, 1.54) is 28.4 Å². The molecule has 0 aromatic heterocycles. The van der Waals surface area contributed by atoms with E-state index in [-0.39, 0.29) is 18.0 Å². The summed E-state index contributed by atoms with van der Waals surface area (Å²) in [5.74, 6) is 1.10. The van der Waals surface area contributed by atoms with E-state index in [9.17, 15) is 9.59 Å². The molecule has 0 aliphatic rings. The summed E-state index contributed by atoms with van der Waals surface area (Å²) in [6, 6.07) is 8.29. The zero-order valence-electron chi connectivity index (χ0n) is 18.1. The van der Waals surface area contributed by atoms with Crippen molar-refractivity contribution in [2.75, 3.05) is 28.4 Å². The van der Waals surface area contributed by atoms with E-state index in [1.54, 1.807) is 36.4 Å². The van der Waals surface area contributed by atoms with Crippen LogP contribution >= 0.6 is 0 Å². The summed E-state index contributed by atoms with van der Waals surface area (Å²) < 4.78 is 21.4. The highest BCUT2D eigenvalue weighted by molar-refractivity contribution is 6.11. The minimum Gasteiger partial charge on any atom is -0.493 e. The number of Topliss-reactive ketones (excluding diaryl/α,β-unsaturated/α-hetero) is 1. The zero-order valence-corrected chi connectivity index (χ0v) is 18.1. The van der Waals surface area contributed by atoms with E-state index >= 15 is 0 Å². The predicted molar refractivity (Wildman–Crippen MR) is 115 cm³/mol. The summed E-state index contributed by atoms with van der Waals surface area (Å²) in [5.41, 5.74) is 1.39. The van der Waals surface area contributed by atoms with Crippen LogP contribution in [-0.4, -0.2) is 40.0 Å². The number of ketones is 2. The molecular formula is C24H28O6. The fraction of sp³-hybridized carbons (Fsp3) is 0.333. The lowest BCUT2D eigenvalue weighted by molar-refractivity contribution is -0.119. The van der Waals surface area contributed by atoms with Crippen molar-refractivity contribution < 1.29 is 28.5 Å². The van der Waals surface area contributed by atoms with Gasteiger partial charge >= 0.3 is 0 Å². The van der Waals surface area contributed by atoms with Gasteiger partial charge in [0.15, 0.2) is 28.8 Å². The maximum absolute atomic E-state index is 13.5. The molecule has 0 amide bonds. The van der Waals surface area contributed by atoms with E-state index in [0.717, 1.165) is 0 Å². The van der Waals surface area contributed by atoms with Crippen LogP contribution in [0.25, 0.3) is 0 Å². The molecular weight excluding hydrogens is 384 g/mol. The molecule has 6 heteroatoms. The van der Waals surface area contributed by atoms with Crippen LogP contribution in [0.5, 0.6) is 23.0 Å². The Labute approximate surface area is 177 Å². The van der Waals surface area contributed by atoms with E-state index in [0.29, 0.717) is 46.1 Å². The Morgan fingerprint density at radius 1 is 0.900 bits per heavy atom. The molecule has 0 radical (unpaired) electrons. The largest absolute Gasteiger partial charge is 0.493 e. The molecule has 0 saturated carbocycles. The first-order valence-electron chi connectivity index (χ1n) is 9.61. The van der Waals surface area contributed by atoms with Crippen molar-refractivity contribution in [2.45, 2.75) is 25.7 Å². The third kappa shape index (κ3) is 4.64. The first kappa shape index (κ1) is 23.0. The molecule has 0 aliphatic carbocycles. The van der Waals surface area contributed by atoms with Crippen LogP contribution in [-0.2, 0) is 4.79 Å². The van der Waals surface area contributed by atoms with E-state index in [2.05, 4.69) is 6.58 Å². The summed E-state index contributed by atoms with van der Waals surface area (Å²) in [5, 5.41) is 0. The Morgan fingerprint density at radius 2 is 1.47 bits per heavy atom. The van der Waals surface area contributed by atoms with Gasteiger partial charge in [-0.15, -0.1) is 6.58 Å². The lowest BCUT2D eigenvalue weighted by atomic mass is 9.84. The van der Waals surface area contributed by atoms with Gasteiger partial charge in [0.1, 0.15) is 5.78 Å². The predicted octanol–water partition coefficient (Wildman–Crippen LogP) is 4.59. The minimum absolute atomic E-state index is 0.0129. The molecule has 0 spiro atoms. The van der Waals surface area contributed by atoms with Gasteiger partial charge in [0.2, 0.25) is 0 Å². The van der Waals surface area contributed by atoms with Gasteiger partial charge in [0.05, 0.1) is 28.4 Å². The summed E-state index contributed by atoms with van der Waals surface area (Å²) >= 11 is 0. The highest BCUT2D eigenvalue weighted by atomic mass is 16.5. The van der Waals surface area contributed by atoms with Crippen molar-refractivity contribution in [3.05, 3.63) is 59.7 Å². The fourth-order valence-corrected chi connectivity index (χ4v) is 3.42. The number of carbonyl (C=O) groups excluding carboxylic acids is 2. The Balaban J connectivity index is 2.68. The first-order valence-corrected chi connectivity index (χ1v) is 9.61. The van der Waals surface area contributed by atoms with Gasteiger partial charge in [0, 0.05) is 23.5 Å². The second kappa shape index (κ2) is 10.5. The van der Waals surface area contributed by atoms with Crippen LogP contribution in [0.3, 0.4) is 0 Å². The first-order chi connectivity index (χ1) is 14.4. The van der Waals surface area contributed by atoms with Crippen molar-refractivity contribution in [2.24, 2.45) is 0 Å². The maximum Gasteiger partial charge on any atom is 0.193 e. The molecule has 1 atom stereocenters. The van der Waals surface area contributed by atoms with Gasteiger partial charge in [-0.05, 0) is 42.3 Å². The van der Waals surface area contributed by atoms with Crippen LogP contribution in [0.1, 0.15) is 47.2 Å². The number of allylic oxidation sites excluding steroid dienone is 1. The summed E-state index contributed by atoms with van der Waals surface area (Å²) in [6.07, 6.45) is 2.33. The standard InChI is InChI=1S/C24H28O6/c1-7-9-19(25)16(8-2)17-13-22(29-5)23(30-6)14-18(17)24(26)15-10-11-20(27-3)21(12-15)28-4/h7,10-14,16H,1,8-9H2,2-6H3. The number of rotatable bonds is 11. The Morgan fingerprint density at radius 3 is 2.00 bits per heavy atom. The normalized spacial score (nSPS) is 11.4. The summed E-state index contributed by atoms with van der Waals surface area (Å²) in [6.45, 7) is 5.56. The molecule has 160 valence electrons. The molecule has 1 unspecified atom stereocenters. The number of ether oxygens (including phenoxy) is 4. The quantitative estimate of drug-likeness (QED) is 0.397. The highest BCUT2D eigenvalue weighted by Crippen LogP contribution is 2.37. The number of carbonyl (C=O) groups is 2. The Hall–Kier alpha value is -3.28. The maximum atomic E-state index is 13.5. The molecule has 30 heavy (non-hydrogen) atoms. The van der Waals surface area contributed by atoms with Gasteiger partial charge < -0.3 is 18.9 Å². The molecule has 0 heterocycles. The second-order valence-electron chi connectivity index (χ2n) is 6.61. The third-order valence-electron chi connectivity index (χ3n) is 4.96. The highest BCUT2D eigenvalue weighted by Gasteiger charge is 2.27. The Bertz CT molecular complexity index is 932. The van der Waals surface area contributed by atoms with Crippen molar-refractivity contribution in [1.29, 1.82) is 0 Å². The van der Waals surface area contributed by atoms with Crippen molar-refractivity contribution in [3.8, 4) is 23.0 Å². The second-order valence-corrected chi connectivity index (χ2v) is 6.61. The average Bonchev–Trinajstić information content (AvgIpc) is 2.78. The van der Waals surface area contributed by atoms with Crippen LogP contribution in [0.2, 0.25) is 0 Å². The van der Waals surface area contributed by atoms with Crippen LogP contribution in [0.15, 0.2) is 43.0 Å². The van der Waals surface area contributed by atoms with Crippen molar-refractivity contribution in [1.82, 2.24) is 0 Å². The average molecular weight is 412 g/mol. The number of methoxy groups -OCH3 is 4. The van der Waals surface area contributed by atoms with Crippen LogP contribution in [0, 0.1) is 0 Å². The smallest absolute Gasteiger partial charge is 0.193 e. The number of hydrogen-bond acceptors (Lipinski definition) is 6. The third-order valence-corrected chi connectivity index (χ3v) is 4.96. The number of benzene rings is 2. The van der Waals surface area contributed by atoms with Gasteiger partial charge in [0.25, 0.3) is 0 Å². The topological polar surface area (TPSA) is 71.1 Å². The van der Waals surface area contributed by atoms with E-state index in [4.69, 9.17) is 18.9 Å². The lowest BCUT2D eigenvalue weighted by Gasteiger charge is -2.20. The van der Waals surface area contributed by atoms with Gasteiger partial charge in [-0.1, -0.05) is 13.0 Å². The molecule has 6 nitrogen and oxygen atoms in total. The van der Waals surface area contributed by atoms with Gasteiger partial charge in [-0.2, -0.15) is 0 Å². The van der Waals surface area contributed by atoms with E-state index in [1.807, 2.05) is 6.92 Å². The molecule has 0 saturated heterocycles. The zero-order chi connectivity index (χ0) is 22.3. The number of hydrogen-bond donors (Lipinski definition) is 0. The van der Waals surface area contributed by atoms with Crippen molar-refractivity contribution in [3.63, 3.8) is 0 Å². The molecule has 0 fully saturated rings. The minimum atomic E-state index is -0.470. The van der Waals surface area contributed by atoms with E-state index < -0.39 is 5.92 Å².